The molecule has 3 N–H and O–H groups in total. The molecule has 0 spiro atoms. The molecule has 1 saturated carbocycles. The molecule has 0 radical (unpaired) electrons. The lowest BCUT2D eigenvalue weighted by Gasteiger charge is -2.37. The Bertz CT molecular complexity index is 358. The van der Waals surface area contributed by atoms with Crippen LogP contribution in [0.25, 0.3) is 0 Å². The number of piperazine rings is 1. The quantitative estimate of drug-likeness (QED) is 0.346. The first-order valence-electron chi connectivity index (χ1n) is 7.61. The van der Waals surface area contributed by atoms with Gasteiger partial charge >= 0.3 is 0 Å². The van der Waals surface area contributed by atoms with Crippen LogP contribution in [0, 0.1) is 5.92 Å². The number of nitrogens with two attached hydrogens (primary N) is 1. The van der Waals surface area contributed by atoms with Gasteiger partial charge in [-0.3, -0.25) is 9.69 Å². The van der Waals surface area contributed by atoms with Crippen LogP contribution in [0.2, 0.25) is 0 Å². The predicted octanol–water partition coefficient (Wildman–Crippen LogP) is 0.846. The lowest BCUT2D eigenvalue weighted by molar-refractivity contribution is -0.134. The van der Waals surface area contributed by atoms with Crippen LogP contribution in [-0.4, -0.2) is 59.0 Å². The predicted molar refractivity (Wildman–Crippen MR) is 77.6 cm³/mol. The van der Waals surface area contributed by atoms with Crippen molar-refractivity contribution in [3.8, 4) is 0 Å². The minimum Gasteiger partial charge on any atom is -0.409 e. The molecule has 1 atom stereocenters. The van der Waals surface area contributed by atoms with Crippen molar-refractivity contribution in [3.63, 3.8) is 0 Å². The lowest BCUT2D eigenvalue weighted by Crippen LogP contribution is -2.54. The Kier molecular flexibility index (Phi) is 5.23. The van der Waals surface area contributed by atoms with Gasteiger partial charge in [-0.15, -0.1) is 0 Å². The Morgan fingerprint density at radius 1 is 1.30 bits per heavy atom. The van der Waals surface area contributed by atoms with Crippen LogP contribution in [-0.2, 0) is 4.79 Å². The molecule has 6 heteroatoms. The molecule has 0 aromatic carbocycles. The summed E-state index contributed by atoms with van der Waals surface area (Å²) in [5, 5.41) is 11.8. The molecule has 114 valence electrons. The van der Waals surface area contributed by atoms with Crippen molar-refractivity contribution in [2.75, 3.05) is 26.2 Å². The fourth-order valence-electron chi connectivity index (χ4n) is 3.22. The first-order valence-corrected chi connectivity index (χ1v) is 7.61. The van der Waals surface area contributed by atoms with E-state index in [2.05, 4.69) is 10.1 Å². The highest BCUT2D eigenvalue weighted by Gasteiger charge is 2.27. The number of hydrogen-bond acceptors (Lipinski definition) is 4. The normalized spacial score (nSPS) is 24.1. The van der Waals surface area contributed by atoms with E-state index in [1.807, 2.05) is 11.8 Å². The van der Waals surface area contributed by atoms with Crippen LogP contribution in [0.5, 0.6) is 0 Å². The van der Waals surface area contributed by atoms with Crippen molar-refractivity contribution in [1.29, 1.82) is 0 Å². The van der Waals surface area contributed by atoms with Gasteiger partial charge in [-0.25, -0.2) is 0 Å². The first kappa shape index (κ1) is 15.1. The molecule has 1 aliphatic heterocycles. The van der Waals surface area contributed by atoms with Crippen LogP contribution in [0.4, 0.5) is 0 Å². The molecular weight excluding hydrogens is 256 g/mol. The molecule has 0 bridgehead atoms. The summed E-state index contributed by atoms with van der Waals surface area (Å²) < 4.78 is 0. The van der Waals surface area contributed by atoms with Crippen molar-refractivity contribution in [2.45, 2.75) is 45.1 Å². The SMILES string of the molecule is CC(C(N)=NO)N1CCN(C(=O)CC2CCCC2)CC1. The molecule has 1 aliphatic carbocycles. The molecule has 1 unspecified atom stereocenters. The van der Waals surface area contributed by atoms with Gasteiger partial charge in [0.2, 0.25) is 5.91 Å². The summed E-state index contributed by atoms with van der Waals surface area (Å²) in [5.74, 6) is 1.14. The van der Waals surface area contributed by atoms with Crippen molar-refractivity contribution in [2.24, 2.45) is 16.8 Å². The monoisotopic (exact) mass is 282 g/mol. The summed E-state index contributed by atoms with van der Waals surface area (Å²) in [6.07, 6.45) is 5.71. The van der Waals surface area contributed by atoms with E-state index in [9.17, 15) is 4.79 Å². The van der Waals surface area contributed by atoms with Gasteiger partial charge < -0.3 is 15.8 Å². The standard InChI is InChI=1S/C14H26N4O2/c1-11(14(15)16-20)17-6-8-18(9-7-17)13(19)10-12-4-2-3-5-12/h11-12,20H,2-10H2,1H3,(H2,15,16). The number of hydrogen-bond donors (Lipinski definition) is 2. The zero-order chi connectivity index (χ0) is 14.5. The van der Waals surface area contributed by atoms with E-state index in [0.717, 1.165) is 32.6 Å². The summed E-state index contributed by atoms with van der Waals surface area (Å²) in [4.78, 5) is 16.4. The number of amides is 1. The van der Waals surface area contributed by atoms with Gasteiger partial charge in [0.15, 0.2) is 5.84 Å². The maximum atomic E-state index is 12.2. The van der Waals surface area contributed by atoms with E-state index in [1.165, 1.54) is 25.7 Å². The molecule has 20 heavy (non-hydrogen) atoms. The van der Waals surface area contributed by atoms with E-state index >= 15 is 0 Å². The smallest absolute Gasteiger partial charge is 0.222 e. The molecule has 0 aromatic rings. The lowest BCUT2D eigenvalue weighted by atomic mass is 10.0. The average molecular weight is 282 g/mol. The summed E-state index contributed by atoms with van der Waals surface area (Å²) in [5.41, 5.74) is 5.63. The third-order valence-electron chi connectivity index (χ3n) is 4.70. The van der Waals surface area contributed by atoms with Gasteiger partial charge in [0, 0.05) is 32.6 Å². The van der Waals surface area contributed by atoms with Crippen molar-refractivity contribution >= 4 is 11.7 Å². The second-order valence-corrected chi connectivity index (χ2v) is 5.97. The number of carbonyl (C=O) groups excluding carboxylic acids is 1. The second kappa shape index (κ2) is 6.92. The molecule has 1 saturated heterocycles. The Labute approximate surface area is 120 Å². The van der Waals surface area contributed by atoms with Gasteiger partial charge in [0.1, 0.15) is 0 Å². The number of oxime groups is 1. The van der Waals surface area contributed by atoms with Gasteiger partial charge in [-0.05, 0) is 25.7 Å². The van der Waals surface area contributed by atoms with Gasteiger partial charge in [0.25, 0.3) is 0 Å². The topological polar surface area (TPSA) is 82.2 Å². The molecule has 1 heterocycles. The van der Waals surface area contributed by atoms with E-state index in [1.54, 1.807) is 0 Å². The Hall–Kier alpha value is -1.30. The summed E-state index contributed by atoms with van der Waals surface area (Å²) in [6.45, 7) is 4.98. The van der Waals surface area contributed by atoms with E-state index in [-0.39, 0.29) is 11.9 Å². The fourth-order valence-corrected chi connectivity index (χ4v) is 3.22. The van der Waals surface area contributed by atoms with Crippen LogP contribution in [0.3, 0.4) is 0 Å². The molecular formula is C14H26N4O2. The number of rotatable bonds is 4. The van der Waals surface area contributed by atoms with Crippen LogP contribution in [0.15, 0.2) is 5.16 Å². The first-order chi connectivity index (χ1) is 9.61. The van der Waals surface area contributed by atoms with Gasteiger partial charge in [0.05, 0.1) is 6.04 Å². The Morgan fingerprint density at radius 3 is 2.45 bits per heavy atom. The molecule has 1 amide bonds. The highest BCUT2D eigenvalue weighted by atomic mass is 16.4. The summed E-state index contributed by atoms with van der Waals surface area (Å²) in [7, 11) is 0. The summed E-state index contributed by atoms with van der Waals surface area (Å²) >= 11 is 0. The zero-order valence-corrected chi connectivity index (χ0v) is 12.3. The number of nitrogens with zero attached hydrogens (tertiary/aromatic N) is 3. The maximum Gasteiger partial charge on any atom is 0.222 e. The van der Waals surface area contributed by atoms with Crippen molar-refractivity contribution < 1.29 is 10.0 Å². The molecule has 2 fully saturated rings. The van der Waals surface area contributed by atoms with E-state index in [0.29, 0.717) is 11.8 Å². The average Bonchev–Trinajstić information content (AvgIpc) is 2.98. The van der Waals surface area contributed by atoms with Crippen LogP contribution < -0.4 is 5.73 Å². The van der Waals surface area contributed by atoms with Crippen molar-refractivity contribution in [1.82, 2.24) is 9.80 Å². The minimum absolute atomic E-state index is 0.0768. The fraction of sp³-hybridized carbons (Fsp3) is 0.857. The van der Waals surface area contributed by atoms with Gasteiger partial charge in [-0.1, -0.05) is 18.0 Å². The molecule has 0 aromatic heterocycles. The number of amidine groups is 1. The van der Waals surface area contributed by atoms with Crippen LogP contribution in [0.1, 0.15) is 39.0 Å². The van der Waals surface area contributed by atoms with Crippen LogP contribution >= 0.6 is 0 Å². The zero-order valence-electron chi connectivity index (χ0n) is 12.3. The molecule has 2 aliphatic rings. The maximum absolute atomic E-state index is 12.2. The molecule has 2 rings (SSSR count). The second-order valence-electron chi connectivity index (χ2n) is 5.97. The largest absolute Gasteiger partial charge is 0.409 e. The number of carbonyl (C=O) groups is 1. The highest BCUT2D eigenvalue weighted by Crippen LogP contribution is 2.28. The van der Waals surface area contributed by atoms with E-state index < -0.39 is 0 Å². The third kappa shape index (κ3) is 3.62. The molecule has 6 nitrogen and oxygen atoms in total. The Balaban J connectivity index is 1.77. The van der Waals surface area contributed by atoms with Gasteiger partial charge in [-0.2, -0.15) is 0 Å². The van der Waals surface area contributed by atoms with E-state index in [4.69, 9.17) is 10.9 Å². The highest BCUT2D eigenvalue weighted by molar-refractivity contribution is 5.84. The summed E-state index contributed by atoms with van der Waals surface area (Å²) in [6, 6.07) is -0.0768. The third-order valence-corrected chi connectivity index (χ3v) is 4.70. The minimum atomic E-state index is -0.0768. The Morgan fingerprint density at radius 2 is 1.90 bits per heavy atom. The van der Waals surface area contributed by atoms with Crippen molar-refractivity contribution in [3.05, 3.63) is 0 Å².